The van der Waals surface area contributed by atoms with Crippen LogP contribution in [0.3, 0.4) is 0 Å². The summed E-state index contributed by atoms with van der Waals surface area (Å²) >= 11 is 0. The Morgan fingerprint density at radius 2 is 1.72 bits per heavy atom. The molecule has 2 aromatic carbocycles. The zero-order valence-corrected chi connectivity index (χ0v) is 15.7. The lowest BCUT2D eigenvalue weighted by Crippen LogP contribution is -2.37. The number of carbonyl (C=O) groups excluding carboxylic acids is 3. The predicted octanol–water partition coefficient (Wildman–Crippen LogP) is 2.45. The van der Waals surface area contributed by atoms with Crippen molar-refractivity contribution < 1.29 is 28.6 Å². The Balaban J connectivity index is 1.26. The van der Waals surface area contributed by atoms with Crippen LogP contribution >= 0.6 is 0 Å². The number of ether oxygens (including phenoxy) is 3. The minimum absolute atomic E-state index is 0.402. The summed E-state index contributed by atoms with van der Waals surface area (Å²) in [6.45, 7) is 0.347. The zero-order valence-electron chi connectivity index (χ0n) is 15.7. The number of fused-ring (bicyclic) bond motifs is 2. The number of esters is 1. The Morgan fingerprint density at radius 1 is 0.931 bits per heavy atom. The molecule has 29 heavy (non-hydrogen) atoms. The van der Waals surface area contributed by atoms with Gasteiger partial charge in [0.1, 0.15) is 13.2 Å². The van der Waals surface area contributed by atoms with E-state index in [1.165, 1.54) is 5.56 Å². The highest BCUT2D eigenvalue weighted by Crippen LogP contribution is 2.32. The second-order valence-corrected chi connectivity index (χ2v) is 6.77. The first-order chi connectivity index (χ1) is 14.1. The van der Waals surface area contributed by atoms with Crippen LogP contribution in [0.5, 0.6) is 11.5 Å². The highest BCUT2D eigenvalue weighted by atomic mass is 16.6. The molecule has 0 radical (unpaired) electrons. The SMILES string of the molecule is O=C(COC(=O)c1ccc2c(c1)CCC2)NC(=O)Nc1ccc2c(c1)OCCO2. The lowest BCUT2D eigenvalue weighted by atomic mass is 10.1. The van der Waals surface area contributed by atoms with Gasteiger partial charge in [0.2, 0.25) is 0 Å². The normalized spacial score (nSPS) is 13.9. The number of benzene rings is 2. The van der Waals surface area contributed by atoms with Crippen LogP contribution in [0.4, 0.5) is 10.5 Å². The minimum atomic E-state index is -0.736. The van der Waals surface area contributed by atoms with Crippen LogP contribution in [0, 0.1) is 0 Å². The lowest BCUT2D eigenvalue weighted by molar-refractivity contribution is -0.123. The van der Waals surface area contributed by atoms with E-state index in [1.54, 1.807) is 30.3 Å². The van der Waals surface area contributed by atoms with Crippen LogP contribution in [-0.4, -0.2) is 37.7 Å². The number of amides is 3. The summed E-state index contributed by atoms with van der Waals surface area (Å²) in [6, 6.07) is 9.58. The first-order valence-electron chi connectivity index (χ1n) is 9.38. The van der Waals surface area contributed by atoms with Gasteiger partial charge in [-0.1, -0.05) is 6.07 Å². The largest absolute Gasteiger partial charge is 0.486 e. The average Bonchev–Trinajstić information content (AvgIpc) is 3.19. The van der Waals surface area contributed by atoms with Crippen molar-refractivity contribution in [2.75, 3.05) is 25.1 Å². The maximum Gasteiger partial charge on any atom is 0.338 e. The first-order valence-corrected chi connectivity index (χ1v) is 9.38. The third-order valence-corrected chi connectivity index (χ3v) is 4.72. The molecule has 2 N–H and O–H groups in total. The van der Waals surface area contributed by atoms with Crippen molar-refractivity contribution in [1.29, 1.82) is 0 Å². The van der Waals surface area contributed by atoms with Gasteiger partial charge in [-0.15, -0.1) is 0 Å². The molecule has 8 nitrogen and oxygen atoms in total. The van der Waals surface area contributed by atoms with E-state index in [4.69, 9.17) is 14.2 Å². The highest BCUT2D eigenvalue weighted by molar-refractivity contribution is 6.02. The van der Waals surface area contributed by atoms with Crippen molar-refractivity contribution in [2.45, 2.75) is 19.3 Å². The van der Waals surface area contributed by atoms with Crippen molar-refractivity contribution >= 4 is 23.6 Å². The summed E-state index contributed by atoms with van der Waals surface area (Å²) in [6.07, 6.45) is 3.04. The third kappa shape index (κ3) is 4.48. The van der Waals surface area contributed by atoms with Crippen molar-refractivity contribution in [3.8, 4) is 11.5 Å². The standard InChI is InChI=1S/C21H20N2O6/c24-19(12-29-20(25)15-5-4-13-2-1-3-14(13)10-15)23-21(26)22-16-6-7-17-18(11-16)28-9-8-27-17/h4-7,10-11H,1-3,8-9,12H2,(H2,22,23,24,26). The van der Waals surface area contributed by atoms with E-state index in [-0.39, 0.29) is 0 Å². The molecule has 0 atom stereocenters. The molecule has 0 bridgehead atoms. The molecule has 3 amide bonds. The molecule has 0 aromatic heterocycles. The molecule has 0 saturated heterocycles. The maximum absolute atomic E-state index is 12.1. The quantitative estimate of drug-likeness (QED) is 0.770. The number of urea groups is 1. The number of anilines is 1. The van der Waals surface area contributed by atoms with Crippen molar-refractivity contribution in [2.24, 2.45) is 0 Å². The molecule has 0 spiro atoms. The van der Waals surface area contributed by atoms with E-state index in [9.17, 15) is 14.4 Å². The summed E-state index contributed by atoms with van der Waals surface area (Å²) in [5, 5.41) is 4.64. The van der Waals surface area contributed by atoms with Crippen LogP contribution < -0.4 is 20.1 Å². The summed E-state index contributed by atoms with van der Waals surface area (Å²) in [5.41, 5.74) is 3.23. The number of carbonyl (C=O) groups is 3. The molecule has 2 aliphatic rings. The molecule has 0 unspecified atom stereocenters. The molecule has 0 saturated carbocycles. The number of hydrogen-bond donors (Lipinski definition) is 2. The van der Waals surface area contributed by atoms with Gasteiger partial charge >= 0.3 is 12.0 Å². The van der Waals surface area contributed by atoms with Gasteiger partial charge in [-0.25, -0.2) is 9.59 Å². The predicted molar refractivity (Wildman–Crippen MR) is 103 cm³/mol. The lowest BCUT2D eigenvalue weighted by Gasteiger charge is -2.19. The molecular formula is C21H20N2O6. The number of imide groups is 1. The van der Waals surface area contributed by atoms with Gasteiger partial charge in [-0.05, 0) is 54.7 Å². The van der Waals surface area contributed by atoms with Crippen molar-refractivity contribution in [3.05, 3.63) is 53.1 Å². The molecule has 8 heteroatoms. The number of hydrogen-bond acceptors (Lipinski definition) is 6. The highest BCUT2D eigenvalue weighted by Gasteiger charge is 2.17. The van der Waals surface area contributed by atoms with E-state index in [1.807, 2.05) is 6.07 Å². The Kier molecular flexibility index (Phi) is 5.33. The minimum Gasteiger partial charge on any atom is -0.486 e. The van der Waals surface area contributed by atoms with Gasteiger partial charge < -0.3 is 19.5 Å². The molecule has 0 fully saturated rings. The summed E-state index contributed by atoms with van der Waals surface area (Å²) < 4.78 is 15.9. The topological polar surface area (TPSA) is 103 Å². The van der Waals surface area contributed by atoms with Crippen LogP contribution in [0.1, 0.15) is 27.9 Å². The van der Waals surface area contributed by atoms with Gasteiger partial charge in [0, 0.05) is 11.8 Å². The second kappa shape index (κ2) is 8.22. The van der Waals surface area contributed by atoms with Gasteiger partial charge in [-0.2, -0.15) is 0 Å². The molecule has 4 rings (SSSR count). The first kappa shape index (κ1) is 18.8. The Bertz CT molecular complexity index is 972. The van der Waals surface area contributed by atoms with Crippen LogP contribution in [-0.2, 0) is 22.4 Å². The molecule has 1 aliphatic carbocycles. The maximum atomic E-state index is 12.1. The number of rotatable bonds is 4. The van der Waals surface area contributed by atoms with E-state index in [0.29, 0.717) is 36.0 Å². The average molecular weight is 396 g/mol. The van der Waals surface area contributed by atoms with Crippen LogP contribution in [0.2, 0.25) is 0 Å². The number of aryl methyl sites for hydroxylation is 2. The fourth-order valence-electron chi connectivity index (χ4n) is 3.36. The number of nitrogens with one attached hydrogen (secondary N) is 2. The van der Waals surface area contributed by atoms with Crippen molar-refractivity contribution in [3.63, 3.8) is 0 Å². The van der Waals surface area contributed by atoms with E-state index < -0.39 is 24.5 Å². The van der Waals surface area contributed by atoms with Crippen molar-refractivity contribution in [1.82, 2.24) is 5.32 Å². The van der Waals surface area contributed by atoms with E-state index >= 15 is 0 Å². The smallest absolute Gasteiger partial charge is 0.338 e. The molecule has 150 valence electrons. The summed E-state index contributed by atoms with van der Waals surface area (Å²) in [7, 11) is 0. The second-order valence-electron chi connectivity index (χ2n) is 6.77. The fraction of sp³-hybridized carbons (Fsp3) is 0.286. The molecule has 1 heterocycles. The summed E-state index contributed by atoms with van der Waals surface area (Å²) in [5.74, 6) is -0.211. The Hall–Kier alpha value is -3.55. The Labute approximate surface area is 167 Å². The van der Waals surface area contributed by atoms with Crippen LogP contribution in [0.15, 0.2) is 36.4 Å². The van der Waals surface area contributed by atoms with Gasteiger partial charge in [0.15, 0.2) is 18.1 Å². The summed E-state index contributed by atoms with van der Waals surface area (Å²) in [4.78, 5) is 36.0. The Morgan fingerprint density at radius 3 is 2.59 bits per heavy atom. The van der Waals surface area contributed by atoms with Gasteiger partial charge in [-0.3, -0.25) is 10.1 Å². The molecule has 1 aliphatic heterocycles. The fourth-order valence-corrected chi connectivity index (χ4v) is 3.36. The molecular weight excluding hydrogens is 376 g/mol. The zero-order chi connectivity index (χ0) is 20.2. The van der Waals surface area contributed by atoms with Gasteiger partial charge in [0.05, 0.1) is 5.56 Å². The van der Waals surface area contributed by atoms with Gasteiger partial charge in [0.25, 0.3) is 5.91 Å². The third-order valence-electron chi connectivity index (χ3n) is 4.72. The molecule has 2 aromatic rings. The van der Waals surface area contributed by atoms with Crippen LogP contribution in [0.25, 0.3) is 0 Å². The van der Waals surface area contributed by atoms with E-state index in [2.05, 4.69) is 10.6 Å². The monoisotopic (exact) mass is 396 g/mol. The van der Waals surface area contributed by atoms with E-state index in [0.717, 1.165) is 24.8 Å².